The lowest BCUT2D eigenvalue weighted by molar-refractivity contribution is -0.240. The van der Waals surface area contributed by atoms with Crippen molar-refractivity contribution in [3.05, 3.63) is 68.6 Å². The molecule has 0 bridgehead atoms. The van der Waals surface area contributed by atoms with Crippen molar-refractivity contribution in [1.82, 2.24) is 4.81 Å². The van der Waals surface area contributed by atoms with Crippen molar-refractivity contribution in [1.29, 1.82) is 0 Å². The third-order valence-electron chi connectivity index (χ3n) is 7.10. The van der Waals surface area contributed by atoms with Gasteiger partial charge >= 0.3 is 19.0 Å². The summed E-state index contributed by atoms with van der Waals surface area (Å²) in [6, 6.07) is 16.1. The number of halogens is 2. The van der Waals surface area contributed by atoms with Gasteiger partial charge in [0, 0.05) is 35.3 Å². The number of hydrogen-bond donors (Lipinski definition) is 2. The highest BCUT2D eigenvalue weighted by Gasteiger charge is 2.44. The number of carbonyl (C=O) groups excluding carboxylic acids is 3. The Kier molecular flexibility index (Phi) is 12.1. The maximum Gasteiger partial charge on any atom is 0.411 e. The van der Waals surface area contributed by atoms with Crippen LogP contribution in [0.1, 0.15) is 44.2 Å². The molecule has 0 aliphatic carbocycles. The molecule has 2 heterocycles. The molecule has 2 aliphatic heterocycles. The van der Waals surface area contributed by atoms with Crippen LogP contribution in [0.5, 0.6) is 0 Å². The van der Waals surface area contributed by atoms with Gasteiger partial charge in [-0.1, -0.05) is 62.9 Å². The van der Waals surface area contributed by atoms with Crippen LogP contribution in [0.2, 0.25) is 20.0 Å². The summed E-state index contributed by atoms with van der Waals surface area (Å²) >= 11 is 6.79. The quantitative estimate of drug-likeness (QED) is 0.212. The number of hydrogen-bond acceptors (Lipinski definition) is 7. The number of cyclic esters (lactones) is 2. The number of amides is 1. The molecule has 1 unspecified atom stereocenters. The minimum absolute atomic E-state index is 0.0301. The van der Waals surface area contributed by atoms with Gasteiger partial charge < -0.3 is 24.3 Å². The molecule has 2 aromatic rings. The van der Waals surface area contributed by atoms with Gasteiger partial charge in [0.25, 0.3) is 12.7 Å². The molecule has 12 heteroatoms. The molecule has 41 heavy (non-hydrogen) atoms. The van der Waals surface area contributed by atoms with E-state index < -0.39 is 37.6 Å². The number of esters is 2. The Morgan fingerprint density at radius 2 is 1.44 bits per heavy atom. The maximum atomic E-state index is 12.1. The van der Waals surface area contributed by atoms with Gasteiger partial charge in [-0.3, -0.25) is 14.4 Å². The highest BCUT2D eigenvalue weighted by molar-refractivity contribution is 9.10. The second-order valence-electron chi connectivity index (χ2n) is 11.3. The molecular weight excluding hydrogens is 656 g/mol. The van der Waals surface area contributed by atoms with Crippen molar-refractivity contribution in [3.8, 4) is 0 Å². The fourth-order valence-electron chi connectivity index (χ4n) is 5.34. The Morgan fingerprint density at radius 3 is 1.93 bits per heavy atom. The zero-order valence-electron chi connectivity index (χ0n) is 23.9. The van der Waals surface area contributed by atoms with Gasteiger partial charge in [0.2, 0.25) is 5.91 Å². The van der Waals surface area contributed by atoms with Gasteiger partial charge in [0.15, 0.2) is 5.92 Å². The van der Waals surface area contributed by atoms with E-state index in [-0.39, 0.29) is 17.9 Å². The predicted molar refractivity (Wildman–Crippen MR) is 166 cm³/mol. The predicted octanol–water partition coefficient (Wildman–Crippen LogP) is 5.16. The number of ether oxygens (including phenoxy) is 2. The Bertz CT molecular complexity index is 1170. The van der Waals surface area contributed by atoms with Crippen LogP contribution in [-0.2, 0) is 36.7 Å². The van der Waals surface area contributed by atoms with E-state index in [4.69, 9.17) is 9.47 Å². The highest BCUT2D eigenvalue weighted by Crippen LogP contribution is 2.30. The minimum atomic E-state index is -1.21. The second-order valence-corrected chi connectivity index (χ2v) is 13.1. The molecule has 8 nitrogen and oxygen atoms in total. The number of carbonyl (C=O) groups is 3. The largest absolute Gasteiger partial charge is 0.451 e. The first-order valence-corrected chi connectivity index (χ1v) is 15.4. The molecule has 2 aliphatic rings. The lowest BCUT2D eigenvalue weighted by atomic mass is 9.62. The van der Waals surface area contributed by atoms with Crippen molar-refractivity contribution < 1.29 is 33.9 Å². The second kappa shape index (κ2) is 14.8. The van der Waals surface area contributed by atoms with Crippen molar-refractivity contribution in [2.45, 2.75) is 77.7 Å². The fourth-order valence-corrected chi connectivity index (χ4v) is 5.87. The third-order valence-corrected chi connectivity index (χ3v) is 8.16. The molecule has 0 radical (unpaired) electrons. The molecule has 2 aromatic carbocycles. The normalized spacial score (nSPS) is 19.2. The first kappa shape index (κ1) is 33.4. The van der Waals surface area contributed by atoms with Gasteiger partial charge in [0.05, 0.1) is 0 Å². The van der Waals surface area contributed by atoms with E-state index in [9.17, 15) is 24.4 Å². The average Bonchev–Trinajstić information content (AvgIpc) is 3.23. The van der Waals surface area contributed by atoms with E-state index in [1.807, 2.05) is 48.5 Å². The van der Waals surface area contributed by atoms with E-state index in [0.29, 0.717) is 25.6 Å². The van der Waals surface area contributed by atoms with Crippen molar-refractivity contribution in [2.24, 2.45) is 11.8 Å². The summed E-state index contributed by atoms with van der Waals surface area (Å²) in [6.07, 6.45) is 3.65. The molecule has 0 aromatic heterocycles. The molecule has 2 saturated heterocycles. The summed E-state index contributed by atoms with van der Waals surface area (Å²) in [5.41, 5.74) is 2.28. The third kappa shape index (κ3) is 10.3. The van der Waals surface area contributed by atoms with Gasteiger partial charge in [-0.05, 0) is 80.1 Å². The number of benzene rings is 2. The highest BCUT2D eigenvalue weighted by atomic mass is 79.9. The maximum absolute atomic E-state index is 12.1. The van der Waals surface area contributed by atoms with E-state index >= 15 is 0 Å². The standard InChI is InChI=1S/C17H22BBrO5.C12H15BBrNO2/c1-17(2)23-15(20)14(16(21)24-17)9-12(10-18(3)22)8-11-4-6-13(19)7-5-11;1-13(17)15-11(6-7-12(15)16)8-9-2-4-10(14)5-3-9/h4-7,12,14,22H,8-10H2,1-3H3;2-5,11,17H,6-8H2,1H3/t;11-/m.0/s1. The van der Waals surface area contributed by atoms with Crippen LogP contribution in [0.3, 0.4) is 0 Å². The van der Waals surface area contributed by atoms with E-state index in [1.165, 1.54) is 19.4 Å². The van der Waals surface area contributed by atoms with Gasteiger partial charge in [0.1, 0.15) is 0 Å². The van der Waals surface area contributed by atoms with E-state index in [0.717, 1.165) is 27.4 Å². The zero-order valence-corrected chi connectivity index (χ0v) is 27.1. The van der Waals surface area contributed by atoms with Crippen LogP contribution >= 0.6 is 31.9 Å². The summed E-state index contributed by atoms with van der Waals surface area (Å²) in [4.78, 5) is 37.5. The first-order valence-electron chi connectivity index (χ1n) is 13.9. The number of nitrogens with zero attached hydrogens (tertiary/aromatic N) is 1. The van der Waals surface area contributed by atoms with Crippen LogP contribution in [0, 0.1) is 11.8 Å². The Labute approximate surface area is 259 Å². The molecule has 220 valence electrons. The van der Waals surface area contributed by atoms with Gasteiger partial charge in [-0.25, -0.2) is 0 Å². The lowest BCUT2D eigenvalue weighted by Crippen LogP contribution is -2.47. The summed E-state index contributed by atoms with van der Waals surface area (Å²) < 4.78 is 12.4. The van der Waals surface area contributed by atoms with E-state index in [1.54, 1.807) is 18.5 Å². The summed E-state index contributed by atoms with van der Waals surface area (Å²) in [7, 11) is -0.689. The molecule has 2 fully saturated rings. The molecule has 2 atom stereocenters. The first-order chi connectivity index (χ1) is 19.2. The average molecular weight is 693 g/mol. The molecule has 0 spiro atoms. The Hall–Kier alpha value is -2.14. The van der Waals surface area contributed by atoms with Gasteiger partial charge in [-0.15, -0.1) is 0 Å². The molecule has 0 saturated carbocycles. The Balaban J connectivity index is 0.000000239. The van der Waals surface area contributed by atoms with Crippen molar-refractivity contribution in [2.75, 3.05) is 0 Å². The smallest absolute Gasteiger partial charge is 0.411 e. The topological polar surface area (TPSA) is 113 Å². The molecule has 2 N–H and O–H groups in total. The van der Waals surface area contributed by atoms with Crippen LogP contribution in [-0.4, -0.2) is 58.5 Å². The summed E-state index contributed by atoms with van der Waals surface area (Å²) in [6.45, 7) is 5.91. The van der Waals surface area contributed by atoms with E-state index in [2.05, 4.69) is 31.9 Å². The molecule has 1 amide bonds. The number of rotatable bonds is 9. The summed E-state index contributed by atoms with van der Waals surface area (Å²) in [5.74, 6) is -3.22. The van der Waals surface area contributed by atoms with Crippen molar-refractivity contribution >= 4 is 63.7 Å². The summed E-state index contributed by atoms with van der Waals surface area (Å²) in [5, 5.41) is 19.4. The lowest BCUT2D eigenvalue weighted by Gasteiger charge is -2.34. The Morgan fingerprint density at radius 1 is 0.927 bits per heavy atom. The van der Waals surface area contributed by atoms with Crippen LogP contribution in [0.4, 0.5) is 0 Å². The van der Waals surface area contributed by atoms with Crippen molar-refractivity contribution in [3.63, 3.8) is 0 Å². The molecular formula is C29H37B2Br2NO7. The SMILES string of the molecule is CB(O)CC(Cc1ccc(Br)cc1)CC1C(=O)OC(C)(C)OC1=O.CB(O)N1C(=O)CC[C@H]1Cc1ccc(Br)cc1. The van der Waals surface area contributed by atoms with Crippen LogP contribution in [0.15, 0.2) is 57.5 Å². The van der Waals surface area contributed by atoms with Gasteiger partial charge in [-0.2, -0.15) is 0 Å². The van der Waals surface area contributed by atoms with Crippen LogP contribution in [0.25, 0.3) is 0 Å². The minimum Gasteiger partial charge on any atom is -0.451 e. The zero-order chi connectivity index (χ0) is 30.3. The van der Waals surface area contributed by atoms with Crippen LogP contribution < -0.4 is 0 Å². The molecule has 4 rings (SSSR count). The fraction of sp³-hybridized carbons (Fsp3) is 0.483. The monoisotopic (exact) mass is 691 g/mol.